The number of rotatable bonds is 1. The molecule has 6 heteroatoms. The van der Waals surface area contributed by atoms with Crippen molar-refractivity contribution in [2.24, 2.45) is 0 Å². The van der Waals surface area contributed by atoms with Gasteiger partial charge in [0.05, 0.1) is 0 Å². The summed E-state index contributed by atoms with van der Waals surface area (Å²) < 4.78 is 35.1. The van der Waals surface area contributed by atoms with Gasteiger partial charge >= 0.3 is 6.29 Å². The van der Waals surface area contributed by atoms with Gasteiger partial charge in [0, 0.05) is 11.6 Å². The molecular weight excluding hydrogens is 264 g/mol. The number of alkyl halides is 2. The van der Waals surface area contributed by atoms with Crippen LogP contribution in [0.25, 0.3) is 0 Å². The smallest absolute Gasteiger partial charge is 0.395 e. The van der Waals surface area contributed by atoms with E-state index in [1.165, 1.54) is 6.07 Å². The average molecular weight is 278 g/mol. The summed E-state index contributed by atoms with van der Waals surface area (Å²) in [4.78, 5) is 0. The molecule has 0 bridgehead atoms. The molecule has 0 radical (unpaired) electrons. The molecule has 0 saturated carbocycles. The van der Waals surface area contributed by atoms with Crippen molar-refractivity contribution in [3.63, 3.8) is 0 Å². The molecule has 1 saturated heterocycles. The van der Waals surface area contributed by atoms with Gasteiger partial charge in [-0.3, -0.25) is 0 Å². The Balaban J connectivity index is 0.00000120. The van der Waals surface area contributed by atoms with Crippen LogP contribution in [0.3, 0.4) is 0 Å². The van der Waals surface area contributed by atoms with Crippen molar-refractivity contribution in [2.75, 3.05) is 6.54 Å². The third-order valence-corrected chi connectivity index (χ3v) is 3.14. The largest absolute Gasteiger partial charge is 0.586 e. The van der Waals surface area contributed by atoms with Crippen LogP contribution in [0, 0.1) is 0 Å². The number of piperidine rings is 1. The standard InChI is InChI=1S/C12H13F2NO2.ClH/c13-12(14)16-10-6-3-4-8(11(10)17-12)9-5-1-2-7-15-9;/h3-4,6,9,15H,1-2,5,7H2;1H/t9-;/m1./s1. The summed E-state index contributed by atoms with van der Waals surface area (Å²) in [7, 11) is 0. The highest BCUT2D eigenvalue weighted by atomic mass is 35.5. The fourth-order valence-electron chi connectivity index (χ4n) is 2.38. The topological polar surface area (TPSA) is 30.5 Å². The van der Waals surface area contributed by atoms with E-state index in [9.17, 15) is 8.78 Å². The van der Waals surface area contributed by atoms with Crippen molar-refractivity contribution < 1.29 is 18.3 Å². The Kier molecular flexibility index (Phi) is 3.64. The number of nitrogens with one attached hydrogen (secondary N) is 1. The van der Waals surface area contributed by atoms with Crippen molar-refractivity contribution in [1.29, 1.82) is 0 Å². The highest BCUT2D eigenvalue weighted by molar-refractivity contribution is 5.85. The Morgan fingerprint density at radius 1 is 1.22 bits per heavy atom. The second-order valence-corrected chi connectivity index (χ2v) is 4.34. The Morgan fingerprint density at radius 3 is 2.78 bits per heavy atom. The van der Waals surface area contributed by atoms with E-state index in [0.717, 1.165) is 31.4 Å². The highest BCUT2D eigenvalue weighted by Gasteiger charge is 2.45. The first-order chi connectivity index (χ1) is 8.16. The lowest BCUT2D eigenvalue weighted by atomic mass is 9.96. The zero-order valence-electron chi connectivity index (χ0n) is 9.62. The SMILES string of the molecule is Cl.FC1(F)Oc2cccc([C@H]3CCCCN3)c2O1. The molecule has 2 aliphatic heterocycles. The molecule has 1 fully saturated rings. The number of hydrogen-bond acceptors (Lipinski definition) is 3. The minimum Gasteiger partial charge on any atom is -0.395 e. The second kappa shape index (κ2) is 4.90. The quantitative estimate of drug-likeness (QED) is 0.855. The Labute approximate surface area is 110 Å². The van der Waals surface area contributed by atoms with Crippen LogP contribution in [0.5, 0.6) is 11.5 Å². The molecule has 0 aliphatic carbocycles. The monoisotopic (exact) mass is 277 g/mol. The minimum atomic E-state index is -3.53. The summed E-state index contributed by atoms with van der Waals surface area (Å²) in [5.74, 6) is 0.303. The van der Waals surface area contributed by atoms with Crippen LogP contribution in [-0.4, -0.2) is 12.8 Å². The molecule has 1 aromatic carbocycles. The molecule has 1 N–H and O–H groups in total. The summed E-state index contributed by atoms with van der Waals surface area (Å²) in [6, 6.07) is 5.11. The summed E-state index contributed by atoms with van der Waals surface area (Å²) in [6.45, 7) is 0.908. The van der Waals surface area contributed by atoms with Gasteiger partial charge in [-0.2, -0.15) is 0 Å². The van der Waals surface area contributed by atoms with E-state index < -0.39 is 6.29 Å². The van der Waals surface area contributed by atoms with E-state index in [1.807, 2.05) is 6.07 Å². The summed E-state index contributed by atoms with van der Waals surface area (Å²) in [6.07, 6.45) is -0.379. The van der Waals surface area contributed by atoms with E-state index >= 15 is 0 Å². The Hall–Kier alpha value is -1.07. The Bertz CT molecular complexity index is 436. The van der Waals surface area contributed by atoms with Gasteiger partial charge < -0.3 is 14.8 Å². The summed E-state index contributed by atoms with van der Waals surface area (Å²) in [5, 5.41) is 3.31. The number of benzene rings is 1. The lowest BCUT2D eigenvalue weighted by Gasteiger charge is -2.24. The zero-order valence-corrected chi connectivity index (χ0v) is 10.4. The van der Waals surface area contributed by atoms with Crippen LogP contribution in [-0.2, 0) is 0 Å². The van der Waals surface area contributed by atoms with E-state index in [4.69, 9.17) is 0 Å². The molecule has 2 aliphatic rings. The van der Waals surface area contributed by atoms with Crippen LogP contribution in [0.2, 0.25) is 0 Å². The van der Waals surface area contributed by atoms with E-state index in [2.05, 4.69) is 14.8 Å². The first-order valence-corrected chi connectivity index (χ1v) is 5.78. The van der Waals surface area contributed by atoms with Crippen LogP contribution in [0.4, 0.5) is 8.78 Å². The fourth-order valence-corrected chi connectivity index (χ4v) is 2.38. The van der Waals surface area contributed by atoms with Crippen LogP contribution < -0.4 is 14.8 Å². The van der Waals surface area contributed by atoms with Crippen molar-refractivity contribution in [2.45, 2.75) is 31.6 Å². The maximum absolute atomic E-state index is 13.0. The Morgan fingerprint density at radius 2 is 2.06 bits per heavy atom. The maximum Gasteiger partial charge on any atom is 0.586 e. The van der Waals surface area contributed by atoms with Crippen molar-refractivity contribution in [3.8, 4) is 11.5 Å². The summed E-state index contributed by atoms with van der Waals surface area (Å²) in [5.41, 5.74) is 0.763. The molecule has 0 spiro atoms. The normalized spacial score (nSPS) is 24.4. The number of fused-ring (bicyclic) bond motifs is 1. The molecule has 1 atom stereocenters. The van der Waals surface area contributed by atoms with E-state index in [-0.39, 0.29) is 29.9 Å². The number of hydrogen-bond donors (Lipinski definition) is 1. The summed E-state index contributed by atoms with van der Waals surface area (Å²) >= 11 is 0. The van der Waals surface area contributed by atoms with Gasteiger partial charge in [0.2, 0.25) is 0 Å². The third-order valence-electron chi connectivity index (χ3n) is 3.14. The molecule has 100 valence electrons. The molecule has 1 aromatic rings. The van der Waals surface area contributed by atoms with Gasteiger partial charge in [0.1, 0.15) is 0 Å². The predicted octanol–water partition coefficient (Wildman–Crippen LogP) is 3.24. The van der Waals surface area contributed by atoms with Crippen molar-refractivity contribution in [3.05, 3.63) is 23.8 Å². The van der Waals surface area contributed by atoms with Gasteiger partial charge in [-0.25, -0.2) is 0 Å². The first kappa shape index (κ1) is 13.4. The van der Waals surface area contributed by atoms with Crippen molar-refractivity contribution in [1.82, 2.24) is 5.32 Å². The fraction of sp³-hybridized carbons (Fsp3) is 0.500. The van der Waals surface area contributed by atoms with Gasteiger partial charge in [0.25, 0.3) is 0 Å². The van der Waals surface area contributed by atoms with Crippen molar-refractivity contribution >= 4 is 12.4 Å². The molecule has 0 aromatic heterocycles. The third kappa shape index (κ3) is 2.37. The van der Waals surface area contributed by atoms with Crippen LogP contribution in [0.15, 0.2) is 18.2 Å². The van der Waals surface area contributed by atoms with Gasteiger partial charge in [-0.1, -0.05) is 18.6 Å². The second-order valence-electron chi connectivity index (χ2n) is 4.34. The molecule has 3 nitrogen and oxygen atoms in total. The van der Waals surface area contributed by atoms with Crippen LogP contribution in [0.1, 0.15) is 30.9 Å². The zero-order chi connectivity index (χ0) is 11.9. The van der Waals surface area contributed by atoms with E-state index in [0.29, 0.717) is 0 Å². The lowest BCUT2D eigenvalue weighted by molar-refractivity contribution is -0.287. The number of halogens is 3. The number of para-hydroxylation sites is 1. The molecule has 3 rings (SSSR count). The predicted molar refractivity (Wildman–Crippen MR) is 64.5 cm³/mol. The minimum absolute atomic E-state index is 0. The molecule has 2 heterocycles. The van der Waals surface area contributed by atoms with Gasteiger partial charge in [-0.15, -0.1) is 21.2 Å². The highest BCUT2D eigenvalue weighted by Crippen LogP contribution is 2.46. The average Bonchev–Trinajstić information content (AvgIpc) is 2.63. The molecule has 0 amide bonds. The van der Waals surface area contributed by atoms with Gasteiger partial charge in [-0.05, 0) is 25.5 Å². The van der Waals surface area contributed by atoms with Crippen LogP contribution >= 0.6 is 12.4 Å². The maximum atomic E-state index is 13.0. The molecule has 18 heavy (non-hydrogen) atoms. The number of ether oxygens (including phenoxy) is 2. The lowest BCUT2D eigenvalue weighted by Crippen LogP contribution is -2.28. The molecule has 0 unspecified atom stereocenters. The first-order valence-electron chi connectivity index (χ1n) is 5.78. The van der Waals surface area contributed by atoms with Gasteiger partial charge in [0.15, 0.2) is 11.5 Å². The molecular formula is C12H14ClF2NO2. The van der Waals surface area contributed by atoms with E-state index in [1.54, 1.807) is 6.07 Å².